The molecule has 0 fully saturated rings. The van der Waals surface area contributed by atoms with Gasteiger partial charge >= 0.3 is 0 Å². The minimum absolute atomic E-state index is 0.0448. The average Bonchev–Trinajstić information content (AvgIpc) is 2.97. The van der Waals surface area contributed by atoms with Gasteiger partial charge in [-0.3, -0.25) is 9.59 Å². The highest BCUT2D eigenvalue weighted by Crippen LogP contribution is 2.43. The highest BCUT2D eigenvalue weighted by molar-refractivity contribution is 6.33. The lowest BCUT2D eigenvalue weighted by molar-refractivity contribution is 0.0781. The molecule has 28 heavy (non-hydrogen) atoms. The van der Waals surface area contributed by atoms with Crippen molar-refractivity contribution in [3.63, 3.8) is 0 Å². The van der Waals surface area contributed by atoms with Crippen LogP contribution in [-0.2, 0) is 5.41 Å². The normalized spacial score (nSPS) is 14.9. The predicted octanol–water partition coefficient (Wildman–Crippen LogP) is 6.25. The summed E-state index contributed by atoms with van der Waals surface area (Å²) in [6.45, 7) is 2.13. The van der Waals surface area contributed by atoms with Gasteiger partial charge in [-0.2, -0.15) is 0 Å². The lowest BCUT2D eigenvalue weighted by Gasteiger charge is -2.27. The molecule has 0 aromatic heterocycles. The molecule has 1 aliphatic carbocycles. The van der Waals surface area contributed by atoms with Crippen molar-refractivity contribution in [1.29, 1.82) is 0 Å². The summed E-state index contributed by atoms with van der Waals surface area (Å²) in [6.07, 6.45) is 3.50. The maximum Gasteiger partial charge on any atom is 0.181 e. The van der Waals surface area contributed by atoms with E-state index in [1.54, 1.807) is 12.1 Å². The van der Waals surface area contributed by atoms with Gasteiger partial charge in [-0.15, -0.1) is 0 Å². The van der Waals surface area contributed by atoms with E-state index in [0.717, 1.165) is 36.0 Å². The standard InChI is InChI=1S/C26H24O2/c1-2-3-9-18-26(24(27)22-12-7-8-13-23(22)25(26)28)21-16-14-20(15-17-21)19-10-5-4-6-11-19/h4-8,10-17H,2-3,9,18H2,1H3. The maximum atomic E-state index is 13.5. The molecular weight excluding hydrogens is 344 g/mol. The van der Waals surface area contributed by atoms with Gasteiger partial charge in [-0.05, 0) is 23.1 Å². The lowest BCUT2D eigenvalue weighted by atomic mass is 9.72. The van der Waals surface area contributed by atoms with E-state index in [9.17, 15) is 9.59 Å². The van der Waals surface area contributed by atoms with Crippen LogP contribution in [0.25, 0.3) is 11.1 Å². The molecular formula is C26H24O2. The zero-order valence-corrected chi connectivity index (χ0v) is 16.2. The highest BCUT2D eigenvalue weighted by Gasteiger charge is 2.53. The molecule has 0 aliphatic heterocycles. The van der Waals surface area contributed by atoms with Gasteiger partial charge in [0.15, 0.2) is 11.6 Å². The van der Waals surface area contributed by atoms with Crippen molar-refractivity contribution in [3.05, 3.63) is 95.6 Å². The average molecular weight is 368 g/mol. The summed E-state index contributed by atoms with van der Waals surface area (Å²) in [7, 11) is 0. The number of benzene rings is 3. The fourth-order valence-corrected chi connectivity index (χ4v) is 4.29. The van der Waals surface area contributed by atoms with E-state index in [4.69, 9.17) is 0 Å². The van der Waals surface area contributed by atoms with Crippen LogP contribution in [0.1, 0.15) is 58.9 Å². The first-order chi connectivity index (χ1) is 13.7. The van der Waals surface area contributed by atoms with E-state index < -0.39 is 5.41 Å². The summed E-state index contributed by atoms with van der Waals surface area (Å²) < 4.78 is 0. The predicted molar refractivity (Wildman–Crippen MR) is 113 cm³/mol. The van der Waals surface area contributed by atoms with E-state index in [2.05, 4.69) is 19.1 Å². The number of Topliss-reactive ketones (excluding diaryl/α,β-unsaturated/α-hetero) is 2. The monoisotopic (exact) mass is 368 g/mol. The summed E-state index contributed by atoms with van der Waals surface area (Å²) in [5.41, 5.74) is 3.08. The molecule has 0 bridgehead atoms. The van der Waals surface area contributed by atoms with E-state index in [-0.39, 0.29) is 11.6 Å². The molecule has 0 spiro atoms. The van der Waals surface area contributed by atoms with Crippen molar-refractivity contribution in [3.8, 4) is 11.1 Å². The second-order valence-corrected chi connectivity index (χ2v) is 7.51. The molecule has 1 aliphatic rings. The molecule has 3 aromatic rings. The Morgan fingerprint density at radius 1 is 0.643 bits per heavy atom. The molecule has 0 heterocycles. The number of unbranched alkanes of at least 4 members (excludes halogenated alkanes) is 2. The Bertz CT molecular complexity index is 965. The second-order valence-electron chi connectivity index (χ2n) is 7.51. The van der Waals surface area contributed by atoms with Crippen molar-refractivity contribution in [1.82, 2.24) is 0 Å². The number of carbonyl (C=O) groups is 2. The molecule has 0 saturated heterocycles. The number of ketones is 2. The smallest absolute Gasteiger partial charge is 0.181 e. The first-order valence-corrected chi connectivity index (χ1v) is 10.0. The molecule has 0 unspecified atom stereocenters. The molecule has 0 atom stereocenters. The summed E-state index contributed by atoms with van der Waals surface area (Å²) >= 11 is 0. The number of fused-ring (bicyclic) bond motifs is 1. The van der Waals surface area contributed by atoms with Crippen LogP contribution in [0.3, 0.4) is 0 Å². The van der Waals surface area contributed by atoms with Crippen LogP contribution in [0.4, 0.5) is 0 Å². The molecule has 3 aromatic carbocycles. The van der Waals surface area contributed by atoms with Gasteiger partial charge in [0, 0.05) is 11.1 Å². The minimum atomic E-state index is -1.08. The third kappa shape index (κ3) is 2.90. The highest BCUT2D eigenvalue weighted by atomic mass is 16.2. The number of hydrogen-bond donors (Lipinski definition) is 0. The third-order valence-electron chi connectivity index (χ3n) is 5.83. The van der Waals surface area contributed by atoms with E-state index >= 15 is 0 Å². The van der Waals surface area contributed by atoms with Crippen LogP contribution >= 0.6 is 0 Å². The van der Waals surface area contributed by atoms with Crippen molar-refractivity contribution in [2.75, 3.05) is 0 Å². The van der Waals surface area contributed by atoms with Crippen molar-refractivity contribution < 1.29 is 9.59 Å². The second kappa shape index (κ2) is 7.55. The Morgan fingerprint density at radius 2 is 1.18 bits per heavy atom. The van der Waals surface area contributed by atoms with Gasteiger partial charge in [-0.1, -0.05) is 105 Å². The van der Waals surface area contributed by atoms with Crippen LogP contribution in [-0.4, -0.2) is 11.6 Å². The molecule has 0 N–H and O–H groups in total. The quantitative estimate of drug-likeness (QED) is 0.380. The maximum absolute atomic E-state index is 13.5. The Hall–Kier alpha value is -3.00. The van der Waals surface area contributed by atoms with Crippen LogP contribution in [0.15, 0.2) is 78.9 Å². The van der Waals surface area contributed by atoms with Crippen LogP contribution in [0, 0.1) is 0 Å². The zero-order valence-electron chi connectivity index (χ0n) is 16.2. The number of carbonyl (C=O) groups excluding carboxylic acids is 2. The minimum Gasteiger partial charge on any atom is -0.293 e. The molecule has 4 rings (SSSR count). The Labute approximate surface area is 166 Å². The Kier molecular flexibility index (Phi) is 4.95. The van der Waals surface area contributed by atoms with Crippen LogP contribution in [0.2, 0.25) is 0 Å². The Morgan fingerprint density at radius 3 is 1.75 bits per heavy atom. The molecule has 0 radical (unpaired) electrons. The van der Waals surface area contributed by atoms with Gasteiger partial charge in [0.2, 0.25) is 0 Å². The van der Waals surface area contributed by atoms with Crippen LogP contribution < -0.4 is 0 Å². The summed E-state index contributed by atoms with van der Waals surface area (Å²) in [5, 5.41) is 0. The van der Waals surface area contributed by atoms with Gasteiger partial charge in [0.1, 0.15) is 5.41 Å². The third-order valence-corrected chi connectivity index (χ3v) is 5.83. The molecule has 0 saturated carbocycles. The van der Waals surface area contributed by atoms with Gasteiger partial charge < -0.3 is 0 Å². The lowest BCUT2D eigenvalue weighted by Crippen LogP contribution is -2.38. The summed E-state index contributed by atoms with van der Waals surface area (Å²) in [4.78, 5) is 26.9. The first-order valence-electron chi connectivity index (χ1n) is 10.0. The fraction of sp³-hybridized carbons (Fsp3) is 0.231. The van der Waals surface area contributed by atoms with Gasteiger partial charge in [0.25, 0.3) is 0 Å². The van der Waals surface area contributed by atoms with Crippen molar-refractivity contribution in [2.45, 2.75) is 38.0 Å². The van der Waals surface area contributed by atoms with Gasteiger partial charge in [-0.25, -0.2) is 0 Å². The van der Waals surface area contributed by atoms with Crippen LogP contribution in [0.5, 0.6) is 0 Å². The van der Waals surface area contributed by atoms with E-state index in [1.807, 2.05) is 54.6 Å². The summed E-state index contributed by atoms with van der Waals surface area (Å²) in [6, 6.07) is 25.4. The SMILES string of the molecule is CCCCCC1(c2ccc(-c3ccccc3)cc2)C(=O)c2ccccc2C1=O. The largest absolute Gasteiger partial charge is 0.293 e. The van der Waals surface area contributed by atoms with Crippen molar-refractivity contribution >= 4 is 11.6 Å². The number of hydrogen-bond acceptors (Lipinski definition) is 2. The topological polar surface area (TPSA) is 34.1 Å². The van der Waals surface area contributed by atoms with Gasteiger partial charge in [0.05, 0.1) is 0 Å². The number of rotatable bonds is 6. The molecule has 140 valence electrons. The molecule has 2 nitrogen and oxygen atoms in total. The molecule has 0 amide bonds. The zero-order chi connectivity index (χ0) is 19.6. The van der Waals surface area contributed by atoms with Crippen molar-refractivity contribution in [2.24, 2.45) is 0 Å². The first kappa shape index (κ1) is 18.4. The fourth-order valence-electron chi connectivity index (χ4n) is 4.29. The van der Waals surface area contributed by atoms with E-state index in [1.165, 1.54) is 0 Å². The summed E-state index contributed by atoms with van der Waals surface area (Å²) in [5.74, 6) is -0.0895. The molecule has 2 heteroatoms. The van der Waals surface area contributed by atoms with E-state index in [0.29, 0.717) is 17.5 Å². The Balaban J connectivity index is 1.78.